The summed E-state index contributed by atoms with van der Waals surface area (Å²) in [6.45, 7) is 1.08. The molecule has 8 nitrogen and oxygen atoms in total. The SMILES string of the molecule is CCC(=O)[C@H](CC[N+](=O)[O-])N[N+](=O)[O-]. The highest BCUT2D eigenvalue weighted by atomic mass is 16.7. The molecule has 0 aromatic carbocycles. The van der Waals surface area contributed by atoms with Gasteiger partial charge in [-0.25, -0.2) is 10.1 Å². The van der Waals surface area contributed by atoms with Crippen LogP contribution in [0.15, 0.2) is 0 Å². The Morgan fingerprint density at radius 2 is 2.00 bits per heavy atom. The van der Waals surface area contributed by atoms with Crippen LogP contribution in [0.4, 0.5) is 0 Å². The van der Waals surface area contributed by atoms with Crippen LogP contribution in [0.25, 0.3) is 0 Å². The van der Waals surface area contributed by atoms with E-state index in [0.717, 1.165) is 0 Å². The normalized spacial score (nSPS) is 11.8. The van der Waals surface area contributed by atoms with Gasteiger partial charge in [0.15, 0.2) is 16.9 Å². The molecule has 0 aliphatic carbocycles. The quantitative estimate of drug-likeness (QED) is 0.453. The molecule has 0 bridgehead atoms. The smallest absolute Gasteiger partial charge is 0.206 e. The standard InChI is InChI=1S/C6H11N3O5/c1-2-6(10)5(7-9(13)14)3-4-8(11)12/h5,7H,2-4H2,1H3/t5-/m0/s1. The highest BCUT2D eigenvalue weighted by Gasteiger charge is 2.22. The van der Waals surface area contributed by atoms with Crippen molar-refractivity contribution in [1.29, 1.82) is 0 Å². The van der Waals surface area contributed by atoms with E-state index >= 15 is 0 Å². The van der Waals surface area contributed by atoms with Gasteiger partial charge in [0, 0.05) is 17.8 Å². The monoisotopic (exact) mass is 205 g/mol. The lowest BCUT2D eigenvalue weighted by atomic mass is 10.1. The fraction of sp³-hybridized carbons (Fsp3) is 0.833. The van der Waals surface area contributed by atoms with Crippen LogP contribution in [0.2, 0.25) is 0 Å². The van der Waals surface area contributed by atoms with E-state index in [1.165, 1.54) is 0 Å². The minimum atomic E-state index is -1.07. The lowest BCUT2D eigenvalue weighted by Crippen LogP contribution is -2.41. The molecule has 1 N–H and O–H groups in total. The number of nitrogens with zero attached hydrogens (tertiary/aromatic N) is 2. The van der Waals surface area contributed by atoms with Crippen molar-refractivity contribution in [2.45, 2.75) is 25.8 Å². The first-order valence-corrected chi connectivity index (χ1v) is 4.02. The Labute approximate surface area is 79.6 Å². The zero-order valence-corrected chi connectivity index (χ0v) is 7.63. The van der Waals surface area contributed by atoms with Crippen LogP contribution in [-0.2, 0) is 4.79 Å². The number of carbonyl (C=O) groups excluding carboxylic acids is 1. The summed E-state index contributed by atoms with van der Waals surface area (Å²) in [6.07, 6.45) is -0.0517. The Hall–Kier alpha value is -1.73. The van der Waals surface area contributed by atoms with Crippen molar-refractivity contribution in [3.8, 4) is 0 Å². The summed E-state index contributed by atoms with van der Waals surface area (Å²) in [4.78, 5) is 30.5. The van der Waals surface area contributed by atoms with Crippen molar-refractivity contribution in [3.63, 3.8) is 0 Å². The number of carbonyl (C=O) groups is 1. The number of Topliss-reactive ketones (excluding diaryl/α,β-unsaturated/α-hetero) is 1. The molecule has 0 saturated carbocycles. The molecule has 80 valence electrons. The van der Waals surface area contributed by atoms with Gasteiger partial charge in [0.2, 0.25) is 6.54 Å². The fourth-order valence-corrected chi connectivity index (χ4v) is 0.906. The van der Waals surface area contributed by atoms with E-state index in [1.54, 1.807) is 12.3 Å². The Morgan fingerprint density at radius 3 is 2.36 bits per heavy atom. The van der Waals surface area contributed by atoms with Crippen LogP contribution in [-0.4, -0.2) is 28.3 Å². The molecule has 0 amide bonds. The molecule has 1 atom stereocenters. The largest absolute Gasteiger partial charge is 0.297 e. The fourth-order valence-electron chi connectivity index (χ4n) is 0.906. The van der Waals surface area contributed by atoms with Crippen LogP contribution in [0.3, 0.4) is 0 Å². The first kappa shape index (κ1) is 12.3. The van der Waals surface area contributed by atoms with E-state index in [-0.39, 0.29) is 12.8 Å². The molecular weight excluding hydrogens is 194 g/mol. The summed E-state index contributed by atoms with van der Waals surface area (Å²) in [5.74, 6) is -0.399. The third kappa shape index (κ3) is 5.01. The summed E-state index contributed by atoms with van der Waals surface area (Å²) in [5.41, 5.74) is 1.75. The van der Waals surface area contributed by atoms with Crippen molar-refractivity contribution in [2.24, 2.45) is 0 Å². The number of hydrazine groups is 1. The van der Waals surface area contributed by atoms with Gasteiger partial charge in [-0.15, -0.1) is 5.43 Å². The maximum atomic E-state index is 11.1. The molecular formula is C6H11N3O5. The summed E-state index contributed by atoms with van der Waals surface area (Å²) in [6, 6.07) is -1.07. The maximum Gasteiger partial charge on any atom is 0.206 e. The van der Waals surface area contributed by atoms with E-state index in [4.69, 9.17) is 0 Å². The zero-order chi connectivity index (χ0) is 11.1. The van der Waals surface area contributed by atoms with Gasteiger partial charge in [0.05, 0.1) is 0 Å². The predicted octanol–water partition coefficient (Wildman–Crippen LogP) is -0.218. The number of hydrogen-bond acceptors (Lipinski definition) is 5. The molecule has 0 saturated heterocycles. The highest BCUT2D eigenvalue weighted by Crippen LogP contribution is 1.97. The van der Waals surface area contributed by atoms with Crippen LogP contribution in [0.1, 0.15) is 19.8 Å². The Morgan fingerprint density at radius 1 is 1.43 bits per heavy atom. The average molecular weight is 205 g/mol. The molecule has 8 heteroatoms. The molecule has 0 heterocycles. The molecule has 0 spiro atoms. The molecule has 0 aliphatic heterocycles. The van der Waals surface area contributed by atoms with Crippen molar-refractivity contribution in [3.05, 3.63) is 20.2 Å². The molecule has 0 aromatic heterocycles. The van der Waals surface area contributed by atoms with Gasteiger partial charge in [0.25, 0.3) is 0 Å². The van der Waals surface area contributed by atoms with Crippen LogP contribution in [0.5, 0.6) is 0 Å². The van der Waals surface area contributed by atoms with E-state index in [1.807, 2.05) is 0 Å². The Bertz CT molecular complexity index is 242. The van der Waals surface area contributed by atoms with E-state index in [0.29, 0.717) is 0 Å². The van der Waals surface area contributed by atoms with Crippen LogP contribution < -0.4 is 5.43 Å². The number of nitro groups is 2. The van der Waals surface area contributed by atoms with Crippen molar-refractivity contribution >= 4 is 5.78 Å². The highest BCUT2D eigenvalue weighted by molar-refractivity contribution is 5.83. The van der Waals surface area contributed by atoms with E-state index in [9.17, 15) is 25.0 Å². The minimum absolute atomic E-state index is 0.114. The predicted molar refractivity (Wildman–Crippen MR) is 45.7 cm³/mol. The lowest BCUT2D eigenvalue weighted by molar-refractivity contribution is -0.551. The van der Waals surface area contributed by atoms with Crippen molar-refractivity contribution in [1.82, 2.24) is 5.43 Å². The number of ketones is 1. The third-order valence-corrected chi connectivity index (χ3v) is 1.60. The summed E-state index contributed by atoms with van der Waals surface area (Å²) >= 11 is 0. The maximum absolute atomic E-state index is 11.1. The van der Waals surface area contributed by atoms with Gasteiger partial charge in [-0.05, 0) is 0 Å². The Balaban J connectivity index is 4.17. The van der Waals surface area contributed by atoms with E-state index < -0.39 is 28.3 Å². The zero-order valence-electron chi connectivity index (χ0n) is 7.63. The first-order chi connectivity index (χ1) is 6.47. The minimum Gasteiger partial charge on any atom is -0.297 e. The van der Waals surface area contributed by atoms with Gasteiger partial charge in [-0.3, -0.25) is 14.9 Å². The van der Waals surface area contributed by atoms with E-state index in [2.05, 4.69) is 0 Å². The van der Waals surface area contributed by atoms with Crippen molar-refractivity contribution in [2.75, 3.05) is 6.54 Å². The molecule has 0 rings (SSSR count). The van der Waals surface area contributed by atoms with Crippen LogP contribution in [0, 0.1) is 20.2 Å². The first-order valence-electron chi connectivity index (χ1n) is 4.02. The number of rotatable bonds is 7. The summed E-state index contributed by atoms with van der Waals surface area (Å²) in [7, 11) is 0. The lowest BCUT2D eigenvalue weighted by Gasteiger charge is -2.08. The summed E-state index contributed by atoms with van der Waals surface area (Å²) < 4.78 is 0. The van der Waals surface area contributed by atoms with Gasteiger partial charge >= 0.3 is 0 Å². The van der Waals surface area contributed by atoms with Crippen molar-refractivity contribution < 1.29 is 14.8 Å². The van der Waals surface area contributed by atoms with Gasteiger partial charge in [-0.2, -0.15) is 0 Å². The second kappa shape index (κ2) is 5.84. The van der Waals surface area contributed by atoms with Gasteiger partial charge < -0.3 is 0 Å². The Kier molecular flexibility index (Phi) is 5.12. The topological polar surface area (TPSA) is 115 Å². The number of hydrogen-bond donors (Lipinski definition) is 1. The molecule has 14 heavy (non-hydrogen) atoms. The third-order valence-electron chi connectivity index (χ3n) is 1.60. The van der Waals surface area contributed by atoms with Gasteiger partial charge in [0.1, 0.15) is 0 Å². The molecule has 0 fully saturated rings. The second-order valence-electron chi connectivity index (χ2n) is 2.60. The average Bonchev–Trinajstić information content (AvgIpc) is 2.10. The molecule has 0 aromatic rings. The van der Waals surface area contributed by atoms with Crippen LogP contribution >= 0.6 is 0 Å². The second-order valence-corrected chi connectivity index (χ2v) is 2.60. The number of nitrogens with one attached hydrogen (secondary N) is 1. The molecule has 0 unspecified atom stereocenters. The molecule has 0 aliphatic rings. The summed E-state index contributed by atoms with van der Waals surface area (Å²) in [5, 5.41) is 19.2. The van der Waals surface area contributed by atoms with Gasteiger partial charge in [-0.1, -0.05) is 6.92 Å². The molecule has 0 radical (unpaired) electrons.